The molecule has 0 bridgehead atoms. The molecule has 0 amide bonds. The van der Waals surface area contributed by atoms with E-state index in [1.807, 2.05) is 17.8 Å². The zero-order valence-electron chi connectivity index (χ0n) is 14.6. The van der Waals surface area contributed by atoms with E-state index in [1.165, 1.54) is 16.9 Å². The quantitative estimate of drug-likeness (QED) is 0.826. The van der Waals surface area contributed by atoms with Crippen molar-refractivity contribution in [3.63, 3.8) is 0 Å². The van der Waals surface area contributed by atoms with Gasteiger partial charge in [0.2, 0.25) is 0 Å². The summed E-state index contributed by atoms with van der Waals surface area (Å²) < 4.78 is 18.2. The van der Waals surface area contributed by atoms with Crippen molar-refractivity contribution in [3.8, 4) is 0 Å². The number of alkyl halides is 1. The molecule has 3 heterocycles. The Hall–Kier alpha value is -2.18. The van der Waals surface area contributed by atoms with Gasteiger partial charge in [0.15, 0.2) is 18.9 Å². The van der Waals surface area contributed by atoms with Gasteiger partial charge in [-0.05, 0) is 47.5 Å². The fraction of sp³-hybridized carbons (Fsp3) is 0.350. The zero-order valence-corrected chi connectivity index (χ0v) is 15.4. The molecule has 0 spiro atoms. The van der Waals surface area contributed by atoms with Crippen molar-refractivity contribution in [2.45, 2.75) is 18.5 Å². The number of fused-ring (bicyclic) bond motifs is 2. The van der Waals surface area contributed by atoms with Crippen LogP contribution >= 0.6 is 11.3 Å². The maximum absolute atomic E-state index is 15.2. The number of allylic oxidation sites excluding steroid dienone is 4. The number of hydrazone groups is 1. The number of nitrogens with one attached hydrogen (secondary N) is 1. The van der Waals surface area contributed by atoms with E-state index in [4.69, 9.17) is 0 Å². The lowest BCUT2D eigenvalue weighted by Crippen LogP contribution is -2.36. The highest BCUT2D eigenvalue weighted by molar-refractivity contribution is 7.18. The summed E-state index contributed by atoms with van der Waals surface area (Å²) in [4.78, 5) is 4.60. The summed E-state index contributed by atoms with van der Waals surface area (Å²) in [6.45, 7) is 1.43. The highest BCUT2D eigenvalue weighted by atomic mass is 32.1. The molecule has 1 fully saturated rings. The van der Waals surface area contributed by atoms with E-state index < -0.39 is 5.67 Å². The molecule has 1 aromatic carbocycles. The lowest BCUT2D eigenvalue weighted by atomic mass is 9.92. The molecule has 5 rings (SSSR count). The van der Waals surface area contributed by atoms with Crippen molar-refractivity contribution in [3.05, 3.63) is 47.0 Å². The van der Waals surface area contributed by atoms with Gasteiger partial charge in [0.25, 0.3) is 0 Å². The van der Waals surface area contributed by atoms with Crippen LogP contribution in [0, 0.1) is 5.92 Å². The molecule has 132 valence electrons. The highest BCUT2D eigenvalue weighted by Crippen LogP contribution is 2.40. The number of hydrogen-bond acceptors (Lipinski definition) is 4. The van der Waals surface area contributed by atoms with Crippen molar-refractivity contribution in [2.75, 3.05) is 20.1 Å². The van der Waals surface area contributed by atoms with E-state index in [1.54, 1.807) is 0 Å². The first-order valence-corrected chi connectivity index (χ1v) is 9.80. The van der Waals surface area contributed by atoms with Crippen molar-refractivity contribution >= 4 is 39.1 Å². The zero-order chi connectivity index (χ0) is 17.7. The molecule has 1 atom stereocenters. The maximum atomic E-state index is 15.2. The number of nitrogens with zero attached hydrogens (tertiary/aromatic N) is 3. The molecule has 1 unspecified atom stereocenters. The van der Waals surface area contributed by atoms with Gasteiger partial charge in [-0.3, -0.25) is 0 Å². The summed E-state index contributed by atoms with van der Waals surface area (Å²) in [7, 11) is 1.95. The molecular weight excluding hydrogens is 347 g/mol. The predicted octanol–water partition coefficient (Wildman–Crippen LogP) is 3.50. The molecule has 6 heteroatoms. The van der Waals surface area contributed by atoms with Crippen molar-refractivity contribution in [1.82, 2.24) is 10.3 Å². The Morgan fingerprint density at radius 2 is 2.12 bits per heavy atom. The number of aromatic nitrogens is 1. The second-order valence-electron chi connectivity index (χ2n) is 7.15. The van der Waals surface area contributed by atoms with Gasteiger partial charge in [-0.1, -0.05) is 22.9 Å². The predicted molar refractivity (Wildman–Crippen MR) is 105 cm³/mol. The van der Waals surface area contributed by atoms with Gasteiger partial charge in [-0.15, -0.1) is 11.3 Å². The second kappa shape index (κ2) is 5.93. The Morgan fingerprint density at radius 1 is 1.27 bits per heavy atom. The van der Waals surface area contributed by atoms with Crippen LogP contribution in [0.5, 0.6) is 0 Å². The van der Waals surface area contributed by atoms with E-state index in [0.717, 1.165) is 21.5 Å². The number of halogens is 1. The summed E-state index contributed by atoms with van der Waals surface area (Å²) in [5, 5.41) is 8.31. The minimum absolute atomic E-state index is 0.233. The monoisotopic (exact) mass is 367 g/mol. The van der Waals surface area contributed by atoms with Crippen LogP contribution in [-0.4, -0.2) is 41.7 Å². The molecule has 1 N–H and O–H groups in total. The smallest absolute Gasteiger partial charge is 0.185 e. The first kappa shape index (κ1) is 16.0. The third-order valence-corrected chi connectivity index (χ3v) is 6.48. The standard InChI is InChI=1S/C20H20FN4S/c1-25-12-15-10-13(2-4-16(15)24-25)14-3-5-17-18(11-14)26-19(23-17)20(21)6-8-22-9-7-20/h2-5,10-12,15,22H,6-9H2,1H3/q+1. The van der Waals surface area contributed by atoms with E-state index in [0.29, 0.717) is 30.9 Å². The first-order chi connectivity index (χ1) is 12.6. The number of piperidine rings is 1. The normalized spacial score (nSPS) is 24.2. The van der Waals surface area contributed by atoms with E-state index >= 15 is 4.39 Å². The minimum Gasteiger partial charge on any atom is -0.316 e. The summed E-state index contributed by atoms with van der Waals surface area (Å²) in [6.07, 6.45) is 9.52. The molecule has 1 aliphatic carbocycles. The van der Waals surface area contributed by atoms with Crippen LogP contribution in [0.3, 0.4) is 0 Å². The van der Waals surface area contributed by atoms with Gasteiger partial charge >= 0.3 is 0 Å². The van der Waals surface area contributed by atoms with Gasteiger partial charge in [0.05, 0.1) is 10.2 Å². The van der Waals surface area contributed by atoms with E-state index in [-0.39, 0.29) is 5.92 Å². The molecule has 4 nitrogen and oxygen atoms in total. The van der Waals surface area contributed by atoms with Crippen LogP contribution in [-0.2, 0) is 5.67 Å². The number of rotatable bonds is 2. The Kier molecular flexibility index (Phi) is 3.65. The Bertz CT molecular complexity index is 1010. The van der Waals surface area contributed by atoms with Gasteiger partial charge in [0, 0.05) is 12.8 Å². The topological polar surface area (TPSA) is 40.3 Å². The molecule has 1 saturated heterocycles. The van der Waals surface area contributed by atoms with Gasteiger partial charge in [0.1, 0.15) is 16.6 Å². The lowest BCUT2D eigenvalue weighted by Gasteiger charge is -2.27. The average molecular weight is 367 g/mol. The molecule has 1 aromatic heterocycles. The Labute approximate surface area is 155 Å². The van der Waals surface area contributed by atoms with Crippen molar-refractivity contribution < 1.29 is 9.07 Å². The maximum Gasteiger partial charge on any atom is 0.185 e. The fourth-order valence-electron chi connectivity index (χ4n) is 3.81. The largest absolute Gasteiger partial charge is 0.316 e. The number of hydrogen-bond donors (Lipinski definition) is 1. The molecule has 2 aromatic rings. The molecule has 3 aliphatic rings. The van der Waals surface area contributed by atoms with Crippen LogP contribution < -0.4 is 5.32 Å². The van der Waals surface area contributed by atoms with Gasteiger partial charge in [-0.25, -0.2) is 9.37 Å². The fourth-order valence-corrected chi connectivity index (χ4v) is 4.96. The summed E-state index contributed by atoms with van der Waals surface area (Å²) in [5.41, 5.74) is 2.99. The number of thiazole rings is 1. The third-order valence-electron chi connectivity index (χ3n) is 5.28. The van der Waals surface area contributed by atoms with Crippen LogP contribution in [0.2, 0.25) is 0 Å². The van der Waals surface area contributed by atoms with Crippen LogP contribution in [0.25, 0.3) is 15.8 Å². The van der Waals surface area contributed by atoms with Crippen molar-refractivity contribution in [1.29, 1.82) is 0 Å². The van der Waals surface area contributed by atoms with Crippen molar-refractivity contribution in [2.24, 2.45) is 11.0 Å². The van der Waals surface area contributed by atoms with E-state index in [9.17, 15) is 0 Å². The van der Waals surface area contributed by atoms with Gasteiger partial charge in [-0.2, -0.15) is 0 Å². The minimum atomic E-state index is -1.28. The van der Waals surface area contributed by atoms with Crippen LogP contribution in [0.15, 0.2) is 41.5 Å². The number of benzene rings is 1. The molecule has 2 aliphatic heterocycles. The van der Waals surface area contributed by atoms with E-state index in [2.05, 4.69) is 52.0 Å². The molecule has 0 radical (unpaired) electrons. The summed E-state index contributed by atoms with van der Waals surface area (Å²) >= 11 is 1.50. The SMILES string of the molecule is C[N+]1=CC2C=C(c3ccc4nc(C5(F)CCNCC5)sc4c3)C=CC2=N1. The summed E-state index contributed by atoms with van der Waals surface area (Å²) in [5.74, 6) is 0.233. The second-order valence-corrected chi connectivity index (χ2v) is 8.18. The highest BCUT2D eigenvalue weighted by Gasteiger charge is 2.37. The Morgan fingerprint density at radius 3 is 2.96 bits per heavy atom. The third kappa shape index (κ3) is 2.64. The molecule has 26 heavy (non-hydrogen) atoms. The summed E-state index contributed by atoms with van der Waals surface area (Å²) in [6, 6.07) is 6.23. The average Bonchev–Trinajstić information content (AvgIpc) is 3.23. The van der Waals surface area contributed by atoms with Crippen LogP contribution in [0.4, 0.5) is 4.39 Å². The first-order valence-electron chi connectivity index (χ1n) is 8.98. The Balaban J connectivity index is 1.50. The van der Waals surface area contributed by atoms with Crippen LogP contribution in [0.1, 0.15) is 23.4 Å². The van der Waals surface area contributed by atoms with Gasteiger partial charge < -0.3 is 5.32 Å². The molecule has 0 saturated carbocycles. The molecular formula is C20H20FN4S+. The lowest BCUT2D eigenvalue weighted by molar-refractivity contribution is -0.495.